The van der Waals surface area contributed by atoms with Gasteiger partial charge in [-0.25, -0.2) is 0 Å². The van der Waals surface area contributed by atoms with Crippen LogP contribution < -0.4 is 0 Å². The summed E-state index contributed by atoms with van der Waals surface area (Å²) >= 11 is 0. The van der Waals surface area contributed by atoms with Crippen molar-refractivity contribution in [2.24, 2.45) is 0 Å². The number of nitrogens with zero attached hydrogens (tertiary/aromatic N) is 1. The van der Waals surface area contributed by atoms with Gasteiger partial charge < -0.3 is 4.74 Å². The topological polar surface area (TPSA) is 56.3 Å². The van der Waals surface area contributed by atoms with Crippen molar-refractivity contribution in [2.45, 2.75) is 38.7 Å². The van der Waals surface area contributed by atoms with Crippen molar-refractivity contribution in [3.63, 3.8) is 0 Å². The van der Waals surface area contributed by atoms with Crippen molar-refractivity contribution in [1.82, 2.24) is 4.98 Å². The quantitative estimate of drug-likeness (QED) is 0.546. The summed E-state index contributed by atoms with van der Waals surface area (Å²) in [5, 5.41) is 0. The maximum atomic E-state index is 12.0. The van der Waals surface area contributed by atoms with E-state index in [1.165, 1.54) is 0 Å². The molecule has 1 atom stereocenters. The molecule has 1 aliphatic carbocycles. The van der Waals surface area contributed by atoms with Crippen LogP contribution in [0.3, 0.4) is 0 Å². The Morgan fingerprint density at radius 1 is 1.47 bits per heavy atom. The number of ether oxygens (including phenoxy) is 1. The number of fused-ring (bicyclic) bond motifs is 1. The average Bonchev–Trinajstić information content (AvgIpc) is 2.50. The van der Waals surface area contributed by atoms with Gasteiger partial charge in [0.2, 0.25) is 0 Å². The molecule has 0 bridgehead atoms. The Kier molecular flexibility index (Phi) is 2.73. The summed E-state index contributed by atoms with van der Waals surface area (Å²) in [4.78, 5) is 27.9. The van der Waals surface area contributed by atoms with Gasteiger partial charge in [-0.15, -0.1) is 0 Å². The van der Waals surface area contributed by atoms with Crippen molar-refractivity contribution in [1.29, 1.82) is 0 Å². The number of esters is 1. The minimum absolute atomic E-state index is 0.132. The van der Waals surface area contributed by atoms with Crippen molar-refractivity contribution in [3.8, 4) is 0 Å². The molecule has 0 saturated heterocycles. The zero-order valence-corrected chi connectivity index (χ0v) is 10.2. The van der Waals surface area contributed by atoms with Crippen LogP contribution in [0.1, 0.15) is 37.9 Å². The number of ketones is 1. The SMILES string of the molecule is CC(C)(C)OC(=O)C1C(=O)Cc2cccnc21. The summed E-state index contributed by atoms with van der Waals surface area (Å²) in [6, 6.07) is 3.59. The summed E-state index contributed by atoms with van der Waals surface area (Å²) in [5.41, 5.74) is 0.787. The molecule has 0 N–H and O–H groups in total. The molecule has 0 fully saturated rings. The molecule has 2 rings (SSSR count). The second kappa shape index (κ2) is 3.95. The van der Waals surface area contributed by atoms with E-state index >= 15 is 0 Å². The fourth-order valence-electron chi connectivity index (χ4n) is 1.91. The Morgan fingerprint density at radius 2 is 2.18 bits per heavy atom. The first-order valence-electron chi connectivity index (χ1n) is 5.58. The largest absolute Gasteiger partial charge is 0.459 e. The van der Waals surface area contributed by atoms with Gasteiger partial charge >= 0.3 is 5.97 Å². The summed E-state index contributed by atoms with van der Waals surface area (Å²) in [6.07, 6.45) is 1.86. The van der Waals surface area contributed by atoms with E-state index in [0.29, 0.717) is 5.69 Å². The average molecular weight is 233 g/mol. The van der Waals surface area contributed by atoms with Crippen LogP contribution in [-0.4, -0.2) is 22.3 Å². The summed E-state index contributed by atoms with van der Waals surface area (Å²) < 4.78 is 5.25. The molecule has 1 aliphatic rings. The summed E-state index contributed by atoms with van der Waals surface area (Å²) in [5.74, 6) is -1.47. The lowest BCUT2D eigenvalue weighted by molar-refractivity contribution is -0.158. The third-order valence-corrected chi connectivity index (χ3v) is 2.53. The normalized spacial score (nSPS) is 19.0. The molecule has 4 nitrogen and oxygen atoms in total. The summed E-state index contributed by atoms with van der Waals surface area (Å²) in [7, 11) is 0. The molecule has 0 spiro atoms. The smallest absolute Gasteiger partial charge is 0.323 e. The number of hydrogen-bond donors (Lipinski definition) is 0. The molecule has 0 aromatic carbocycles. The minimum Gasteiger partial charge on any atom is -0.459 e. The van der Waals surface area contributed by atoms with Crippen molar-refractivity contribution in [2.75, 3.05) is 0 Å². The highest BCUT2D eigenvalue weighted by Gasteiger charge is 2.39. The highest BCUT2D eigenvalue weighted by molar-refractivity contribution is 6.08. The fraction of sp³-hybridized carbons (Fsp3) is 0.462. The number of Topliss-reactive ketones (excluding diaryl/α,β-unsaturated/α-hetero) is 1. The number of aromatic nitrogens is 1. The Labute approximate surface area is 100 Å². The van der Waals surface area contributed by atoms with Crippen LogP contribution in [0, 0.1) is 0 Å². The van der Waals surface area contributed by atoms with E-state index < -0.39 is 17.5 Å². The molecule has 0 amide bonds. The molecule has 1 heterocycles. The van der Waals surface area contributed by atoms with Gasteiger partial charge in [0.15, 0.2) is 11.7 Å². The van der Waals surface area contributed by atoms with Gasteiger partial charge in [-0.1, -0.05) is 6.07 Å². The maximum Gasteiger partial charge on any atom is 0.323 e. The molecule has 0 aliphatic heterocycles. The second-order valence-corrected chi connectivity index (χ2v) is 5.16. The lowest BCUT2D eigenvalue weighted by Gasteiger charge is -2.21. The Hall–Kier alpha value is -1.71. The number of rotatable bonds is 1. The highest BCUT2D eigenvalue weighted by atomic mass is 16.6. The number of pyridine rings is 1. The van der Waals surface area contributed by atoms with Gasteiger partial charge in [0.05, 0.1) is 5.69 Å². The standard InChI is InChI=1S/C13H15NO3/c1-13(2,3)17-12(16)10-9(15)7-8-5-4-6-14-11(8)10/h4-6,10H,7H2,1-3H3. The molecule has 0 radical (unpaired) electrons. The third kappa shape index (κ3) is 2.35. The van der Waals surface area contributed by atoms with Gasteiger partial charge in [0.25, 0.3) is 0 Å². The molecule has 1 aromatic rings. The van der Waals surface area contributed by atoms with Crippen molar-refractivity contribution in [3.05, 3.63) is 29.6 Å². The Balaban J connectivity index is 2.28. The Morgan fingerprint density at radius 3 is 2.82 bits per heavy atom. The molecule has 1 aromatic heterocycles. The van der Waals surface area contributed by atoms with Crippen LogP contribution in [0.4, 0.5) is 0 Å². The number of hydrogen-bond acceptors (Lipinski definition) is 4. The Bertz CT molecular complexity index is 474. The predicted molar refractivity (Wildman–Crippen MR) is 61.5 cm³/mol. The molecule has 17 heavy (non-hydrogen) atoms. The highest BCUT2D eigenvalue weighted by Crippen LogP contribution is 2.30. The summed E-state index contributed by atoms with van der Waals surface area (Å²) in [6.45, 7) is 5.34. The van der Waals surface area contributed by atoms with Gasteiger partial charge in [0, 0.05) is 12.6 Å². The van der Waals surface area contributed by atoms with Crippen molar-refractivity contribution < 1.29 is 14.3 Å². The van der Waals surface area contributed by atoms with E-state index in [1.54, 1.807) is 33.0 Å². The monoisotopic (exact) mass is 233 g/mol. The van der Waals surface area contributed by atoms with Crippen LogP contribution in [0.15, 0.2) is 18.3 Å². The zero-order valence-electron chi connectivity index (χ0n) is 10.2. The van der Waals surface area contributed by atoms with E-state index in [0.717, 1.165) is 5.56 Å². The van der Waals surface area contributed by atoms with Crippen LogP contribution in [0.5, 0.6) is 0 Å². The first-order valence-corrected chi connectivity index (χ1v) is 5.58. The van der Waals surface area contributed by atoms with E-state index in [-0.39, 0.29) is 12.2 Å². The first-order chi connectivity index (χ1) is 7.88. The number of carbonyl (C=O) groups is 2. The molecule has 90 valence electrons. The molecular weight excluding hydrogens is 218 g/mol. The van der Waals surface area contributed by atoms with E-state index in [1.807, 2.05) is 6.07 Å². The van der Waals surface area contributed by atoms with E-state index in [9.17, 15) is 9.59 Å². The van der Waals surface area contributed by atoms with Crippen LogP contribution in [-0.2, 0) is 20.7 Å². The molecule has 4 heteroatoms. The predicted octanol–water partition coefficient (Wildman–Crippen LogP) is 1.63. The lowest BCUT2D eigenvalue weighted by atomic mass is 10.1. The second-order valence-electron chi connectivity index (χ2n) is 5.16. The van der Waals surface area contributed by atoms with E-state index in [2.05, 4.69) is 4.98 Å². The van der Waals surface area contributed by atoms with Gasteiger partial charge in [-0.05, 0) is 32.4 Å². The van der Waals surface area contributed by atoms with E-state index in [4.69, 9.17) is 4.74 Å². The fourth-order valence-corrected chi connectivity index (χ4v) is 1.91. The molecule has 0 saturated carbocycles. The number of carbonyl (C=O) groups excluding carboxylic acids is 2. The third-order valence-electron chi connectivity index (χ3n) is 2.53. The zero-order chi connectivity index (χ0) is 12.6. The maximum absolute atomic E-state index is 12.0. The molecule has 1 unspecified atom stereocenters. The minimum atomic E-state index is -0.842. The van der Waals surface area contributed by atoms with Gasteiger partial charge in [-0.2, -0.15) is 0 Å². The molecular formula is C13H15NO3. The van der Waals surface area contributed by atoms with Gasteiger partial charge in [-0.3, -0.25) is 14.6 Å². The van der Waals surface area contributed by atoms with Crippen LogP contribution in [0.25, 0.3) is 0 Å². The van der Waals surface area contributed by atoms with Crippen molar-refractivity contribution >= 4 is 11.8 Å². The van der Waals surface area contributed by atoms with Crippen LogP contribution in [0.2, 0.25) is 0 Å². The van der Waals surface area contributed by atoms with Gasteiger partial charge in [0.1, 0.15) is 5.60 Å². The van der Waals surface area contributed by atoms with Crippen LogP contribution >= 0.6 is 0 Å². The lowest BCUT2D eigenvalue weighted by Crippen LogP contribution is -2.30. The first kappa shape index (κ1) is 11.8.